The Morgan fingerprint density at radius 2 is 1.91 bits per heavy atom. The molecule has 130 valence electrons. The average Bonchev–Trinajstić information content (AvgIpc) is 2.57. The number of guanidine groups is 1. The monoisotopic (exact) mass is 314 g/mol. The molecule has 0 saturated carbocycles. The van der Waals surface area contributed by atoms with Gasteiger partial charge in [-0.25, -0.2) is 0 Å². The van der Waals surface area contributed by atoms with Crippen molar-refractivity contribution in [3.63, 3.8) is 0 Å². The van der Waals surface area contributed by atoms with Gasteiger partial charge in [0.15, 0.2) is 5.96 Å². The maximum atomic E-state index is 5.50. The molecule has 1 saturated heterocycles. The van der Waals surface area contributed by atoms with Gasteiger partial charge in [-0.1, -0.05) is 26.7 Å². The Bertz CT molecular complexity index is 303. The summed E-state index contributed by atoms with van der Waals surface area (Å²) in [6, 6.07) is 0.528. The van der Waals surface area contributed by atoms with Gasteiger partial charge in [0.05, 0.1) is 19.8 Å². The molecule has 1 atom stereocenters. The molecule has 1 aliphatic rings. The van der Waals surface area contributed by atoms with Crippen molar-refractivity contribution in [3.05, 3.63) is 0 Å². The van der Waals surface area contributed by atoms with E-state index in [1.54, 1.807) is 7.11 Å². The van der Waals surface area contributed by atoms with Crippen molar-refractivity contribution < 1.29 is 9.47 Å². The highest BCUT2D eigenvalue weighted by Crippen LogP contribution is 2.19. The fraction of sp³-hybridized carbons (Fsp3) is 0.938. The number of hydrogen-bond donors (Lipinski definition) is 2. The summed E-state index contributed by atoms with van der Waals surface area (Å²) >= 11 is 0. The third-order valence-corrected chi connectivity index (χ3v) is 4.41. The third-order valence-electron chi connectivity index (χ3n) is 4.41. The summed E-state index contributed by atoms with van der Waals surface area (Å²) < 4.78 is 10.6. The molecule has 0 amide bonds. The van der Waals surface area contributed by atoms with E-state index in [4.69, 9.17) is 9.47 Å². The number of methoxy groups -OCH3 is 1. The maximum Gasteiger partial charge on any atom is 0.191 e. The minimum absolute atomic E-state index is 0.528. The predicted octanol–water partition coefficient (Wildman–Crippen LogP) is 0.935. The molecule has 1 aliphatic heterocycles. The number of nitrogens with one attached hydrogen (secondary N) is 2. The Labute approximate surface area is 135 Å². The van der Waals surface area contributed by atoms with Crippen LogP contribution in [0.3, 0.4) is 0 Å². The van der Waals surface area contributed by atoms with Crippen LogP contribution >= 0.6 is 0 Å². The normalized spacial score (nSPS) is 18.5. The smallest absolute Gasteiger partial charge is 0.191 e. The summed E-state index contributed by atoms with van der Waals surface area (Å²) in [5, 5.41) is 6.75. The second-order valence-electron chi connectivity index (χ2n) is 5.66. The molecule has 1 fully saturated rings. The maximum absolute atomic E-state index is 5.50. The van der Waals surface area contributed by atoms with Crippen LogP contribution in [0, 0.1) is 5.92 Å². The van der Waals surface area contributed by atoms with Crippen molar-refractivity contribution in [2.45, 2.75) is 32.7 Å². The lowest BCUT2D eigenvalue weighted by Crippen LogP contribution is -2.53. The van der Waals surface area contributed by atoms with Crippen LogP contribution in [0.5, 0.6) is 0 Å². The van der Waals surface area contributed by atoms with E-state index in [-0.39, 0.29) is 0 Å². The first-order valence-electron chi connectivity index (χ1n) is 8.52. The lowest BCUT2D eigenvalue weighted by Gasteiger charge is -2.39. The summed E-state index contributed by atoms with van der Waals surface area (Å²) in [5.41, 5.74) is 0. The first kappa shape index (κ1) is 19.2. The van der Waals surface area contributed by atoms with Crippen LogP contribution in [-0.2, 0) is 9.47 Å². The van der Waals surface area contributed by atoms with E-state index in [2.05, 4.69) is 34.4 Å². The van der Waals surface area contributed by atoms with E-state index in [9.17, 15) is 0 Å². The van der Waals surface area contributed by atoms with Crippen LogP contribution in [0.4, 0.5) is 0 Å². The lowest BCUT2D eigenvalue weighted by molar-refractivity contribution is 0.00272. The molecule has 0 bridgehead atoms. The largest absolute Gasteiger partial charge is 0.383 e. The third kappa shape index (κ3) is 6.50. The summed E-state index contributed by atoms with van der Waals surface area (Å²) in [6.45, 7) is 10.7. The highest BCUT2D eigenvalue weighted by molar-refractivity contribution is 5.79. The van der Waals surface area contributed by atoms with E-state index < -0.39 is 0 Å². The molecule has 2 N–H and O–H groups in total. The molecule has 1 unspecified atom stereocenters. The molecule has 0 aromatic carbocycles. The second kappa shape index (κ2) is 11.7. The number of aliphatic imine (C=N–C) groups is 1. The van der Waals surface area contributed by atoms with Crippen molar-refractivity contribution in [2.75, 3.05) is 60.2 Å². The van der Waals surface area contributed by atoms with Crippen molar-refractivity contribution in [3.8, 4) is 0 Å². The predicted molar refractivity (Wildman–Crippen MR) is 91.5 cm³/mol. The van der Waals surface area contributed by atoms with Crippen LogP contribution in [0.2, 0.25) is 0 Å². The van der Waals surface area contributed by atoms with E-state index in [0.717, 1.165) is 45.4 Å². The fourth-order valence-electron chi connectivity index (χ4n) is 3.03. The molecule has 0 aromatic rings. The fourth-order valence-corrected chi connectivity index (χ4v) is 3.03. The molecule has 0 spiro atoms. The van der Waals surface area contributed by atoms with Gasteiger partial charge in [0.1, 0.15) is 0 Å². The summed E-state index contributed by atoms with van der Waals surface area (Å²) in [4.78, 5) is 6.85. The Kier molecular flexibility index (Phi) is 10.2. The summed E-state index contributed by atoms with van der Waals surface area (Å²) in [5.74, 6) is 1.55. The molecule has 0 aliphatic carbocycles. The molecule has 1 heterocycles. The van der Waals surface area contributed by atoms with Gasteiger partial charge in [0, 0.05) is 46.4 Å². The SMILES string of the molecule is CCC(CC)C(CNC(=NC)NCCOC)N1CCOCC1. The van der Waals surface area contributed by atoms with Gasteiger partial charge in [0.2, 0.25) is 0 Å². The van der Waals surface area contributed by atoms with Gasteiger partial charge in [-0.3, -0.25) is 9.89 Å². The Morgan fingerprint density at radius 3 is 2.45 bits per heavy atom. The van der Waals surface area contributed by atoms with Crippen LogP contribution in [0.25, 0.3) is 0 Å². The molecule has 6 nitrogen and oxygen atoms in total. The van der Waals surface area contributed by atoms with Crippen LogP contribution < -0.4 is 10.6 Å². The second-order valence-corrected chi connectivity index (χ2v) is 5.66. The van der Waals surface area contributed by atoms with Crippen LogP contribution in [0.1, 0.15) is 26.7 Å². The minimum atomic E-state index is 0.528. The van der Waals surface area contributed by atoms with E-state index in [1.807, 2.05) is 7.05 Å². The highest BCUT2D eigenvalue weighted by Gasteiger charge is 2.26. The molecular weight excluding hydrogens is 280 g/mol. The van der Waals surface area contributed by atoms with Gasteiger partial charge in [-0.15, -0.1) is 0 Å². The van der Waals surface area contributed by atoms with Crippen molar-refractivity contribution in [1.82, 2.24) is 15.5 Å². The number of hydrogen-bond acceptors (Lipinski definition) is 4. The van der Waals surface area contributed by atoms with E-state index >= 15 is 0 Å². The van der Waals surface area contributed by atoms with E-state index in [0.29, 0.717) is 18.6 Å². The Balaban J connectivity index is 2.55. The Hall–Kier alpha value is -0.850. The molecule has 6 heteroatoms. The van der Waals surface area contributed by atoms with Crippen molar-refractivity contribution >= 4 is 5.96 Å². The standard InChI is InChI=1S/C16H34N4O2/c1-5-14(6-2)15(20-8-11-22-12-9-20)13-19-16(17-3)18-7-10-21-4/h14-15H,5-13H2,1-4H3,(H2,17,18,19). The number of rotatable bonds is 9. The van der Waals surface area contributed by atoms with Crippen LogP contribution in [-0.4, -0.2) is 77.1 Å². The summed E-state index contributed by atoms with van der Waals surface area (Å²) in [6.07, 6.45) is 2.41. The first-order chi connectivity index (χ1) is 10.8. The van der Waals surface area contributed by atoms with Gasteiger partial charge in [-0.05, 0) is 5.92 Å². The Morgan fingerprint density at radius 1 is 1.23 bits per heavy atom. The highest BCUT2D eigenvalue weighted by atomic mass is 16.5. The molecule has 1 rings (SSSR count). The van der Waals surface area contributed by atoms with Crippen molar-refractivity contribution in [1.29, 1.82) is 0 Å². The zero-order valence-electron chi connectivity index (χ0n) is 14.7. The zero-order valence-corrected chi connectivity index (χ0v) is 14.7. The van der Waals surface area contributed by atoms with Gasteiger partial charge in [-0.2, -0.15) is 0 Å². The van der Waals surface area contributed by atoms with E-state index in [1.165, 1.54) is 12.8 Å². The topological polar surface area (TPSA) is 58.1 Å². The zero-order chi connectivity index (χ0) is 16.2. The first-order valence-corrected chi connectivity index (χ1v) is 8.52. The minimum Gasteiger partial charge on any atom is -0.383 e. The van der Waals surface area contributed by atoms with Gasteiger partial charge < -0.3 is 20.1 Å². The molecule has 0 radical (unpaired) electrons. The average molecular weight is 314 g/mol. The van der Waals surface area contributed by atoms with Crippen LogP contribution in [0.15, 0.2) is 4.99 Å². The quantitative estimate of drug-likeness (QED) is 0.377. The lowest BCUT2D eigenvalue weighted by atomic mass is 9.92. The van der Waals surface area contributed by atoms with Gasteiger partial charge >= 0.3 is 0 Å². The summed E-state index contributed by atoms with van der Waals surface area (Å²) in [7, 11) is 3.52. The number of ether oxygens (including phenoxy) is 2. The molecular formula is C16H34N4O2. The number of morpholine rings is 1. The molecule has 22 heavy (non-hydrogen) atoms. The number of nitrogens with zero attached hydrogens (tertiary/aromatic N) is 2. The van der Waals surface area contributed by atoms with Gasteiger partial charge in [0.25, 0.3) is 0 Å². The molecule has 0 aromatic heterocycles. The van der Waals surface area contributed by atoms with Crippen molar-refractivity contribution in [2.24, 2.45) is 10.9 Å².